The summed E-state index contributed by atoms with van der Waals surface area (Å²) in [5.74, 6) is 0.951. The molecule has 2 aromatic rings. The maximum atomic E-state index is 12.1. The van der Waals surface area contributed by atoms with Gasteiger partial charge >= 0.3 is 0 Å². The Hall–Kier alpha value is -2.49. The van der Waals surface area contributed by atoms with Crippen molar-refractivity contribution in [2.75, 3.05) is 31.6 Å². The molecule has 1 fully saturated rings. The van der Waals surface area contributed by atoms with E-state index in [4.69, 9.17) is 4.74 Å². The number of carbonyl (C=O) groups is 1. The number of hydrogen-bond donors (Lipinski definition) is 1. The molecule has 1 saturated heterocycles. The van der Waals surface area contributed by atoms with E-state index in [1.54, 1.807) is 7.11 Å². The number of aryl methyl sites for hydroxylation is 1. The van der Waals surface area contributed by atoms with E-state index in [1.165, 1.54) is 50.0 Å². The molecule has 0 saturated carbocycles. The second kappa shape index (κ2) is 10.7. The first-order valence-corrected chi connectivity index (χ1v) is 10.5. The number of nitrogens with zero attached hydrogens (tertiary/aromatic N) is 1. The van der Waals surface area contributed by atoms with Crippen LogP contribution in [0.3, 0.4) is 0 Å². The normalized spacial score (nSPS) is 14.4. The summed E-state index contributed by atoms with van der Waals surface area (Å²) in [6.07, 6.45) is 7.43. The molecule has 0 radical (unpaired) electrons. The fourth-order valence-electron chi connectivity index (χ4n) is 3.69. The number of methoxy groups -OCH3 is 1. The lowest BCUT2D eigenvalue weighted by Gasteiger charge is -2.22. The first-order chi connectivity index (χ1) is 13.7. The lowest BCUT2D eigenvalue weighted by molar-refractivity contribution is -0.121. The third kappa shape index (κ3) is 6.29. The largest absolute Gasteiger partial charge is 0.497 e. The third-order valence-corrected chi connectivity index (χ3v) is 5.44. The Morgan fingerprint density at radius 2 is 1.50 bits per heavy atom. The van der Waals surface area contributed by atoms with E-state index >= 15 is 0 Å². The van der Waals surface area contributed by atoms with Gasteiger partial charge in [-0.3, -0.25) is 4.79 Å². The highest BCUT2D eigenvalue weighted by molar-refractivity contribution is 5.76. The van der Waals surface area contributed by atoms with E-state index < -0.39 is 0 Å². The van der Waals surface area contributed by atoms with Crippen LogP contribution in [-0.2, 0) is 17.6 Å². The van der Waals surface area contributed by atoms with E-state index in [-0.39, 0.29) is 5.91 Å². The first kappa shape index (κ1) is 20.2. The van der Waals surface area contributed by atoms with Gasteiger partial charge < -0.3 is 15.0 Å². The summed E-state index contributed by atoms with van der Waals surface area (Å²) < 4.78 is 5.16. The van der Waals surface area contributed by atoms with Crippen LogP contribution in [0.4, 0.5) is 5.69 Å². The molecule has 2 aromatic carbocycles. The van der Waals surface area contributed by atoms with Gasteiger partial charge in [0, 0.05) is 31.7 Å². The highest BCUT2D eigenvalue weighted by Gasteiger charge is 2.09. The number of carbonyl (C=O) groups excluding carboxylic acids is 1. The highest BCUT2D eigenvalue weighted by atomic mass is 16.5. The highest BCUT2D eigenvalue weighted by Crippen LogP contribution is 2.20. The van der Waals surface area contributed by atoms with Gasteiger partial charge in [0.1, 0.15) is 5.75 Å². The molecule has 3 rings (SSSR count). The molecule has 28 heavy (non-hydrogen) atoms. The van der Waals surface area contributed by atoms with Crippen LogP contribution >= 0.6 is 0 Å². The number of hydrogen-bond acceptors (Lipinski definition) is 3. The monoisotopic (exact) mass is 380 g/mol. The summed E-state index contributed by atoms with van der Waals surface area (Å²) in [5.41, 5.74) is 3.75. The molecule has 0 atom stereocenters. The predicted molar refractivity (Wildman–Crippen MR) is 115 cm³/mol. The average Bonchev–Trinajstić information content (AvgIpc) is 3.03. The van der Waals surface area contributed by atoms with Crippen molar-refractivity contribution >= 4 is 11.6 Å². The van der Waals surface area contributed by atoms with Gasteiger partial charge in [0.2, 0.25) is 5.91 Å². The maximum absolute atomic E-state index is 12.1. The fourth-order valence-corrected chi connectivity index (χ4v) is 3.69. The Morgan fingerprint density at radius 1 is 0.893 bits per heavy atom. The van der Waals surface area contributed by atoms with Gasteiger partial charge in [-0.15, -0.1) is 0 Å². The van der Waals surface area contributed by atoms with Gasteiger partial charge in [0.15, 0.2) is 0 Å². The zero-order valence-electron chi connectivity index (χ0n) is 17.0. The summed E-state index contributed by atoms with van der Waals surface area (Å²) in [6.45, 7) is 3.03. The maximum Gasteiger partial charge on any atom is 0.220 e. The third-order valence-electron chi connectivity index (χ3n) is 5.44. The number of benzene rings is 2. The molecule has 1 N–H and O–H groups in total. The molecule has 0 spiro atoms. The van der Waals surface area contributed by atoms with Crippen LogP contribution in [0, 0.1) is 0 Å². The van der Waals surface area contributed by atoms with Crippen LogP contribution in [0.15, 0.2) is 48.5 Å². The molecule has 150 valence electrons. The lowest BCUT2D eigenvalue weighted by atomic mass is 10.1. The van der Waals surface area contributed by atoms with E-state index in [9.17, 15) is 4.79 Å². The molecule has 1 amide bonds. The second-order valence-electron chi connectivity index (χ2n) is 7.52. The molecule has 1 aliphatic heterocycles. The summed E-state index contributed by atoms with van der Waals surface area (Å²) in [6, 6.07) is 16.7. The molecule has 1 aliphatic rings. The topological polar surface area (TPSA) is 41.6 Å². The number of anilines is 1. The molecule has 4 heteroatoms. The Kier molecular flexibility index (Phi) is 7.77. The molecule has 0 aromatic heterocycles. The summed E-state index contributed by atoms with van der Waals surface area (Å²) in [7, 11) is 1.66. The zero-order valence-corrected chi connectivity index (χ0v) is 17.0. The first-order valence-electron chi connectivity index (χ1n) is 10.5. The minimum absolute atomic E-state index is 0.108. The van der Waals surface area contributed by atoms with Crippen molar-refractivity contribution in [2.24, 2.45) is 0 Å². The van der Waals surface area contributed by atoms with Gasteiger partial charge in [0.05, 0.1) is 7.11 Å². The van der Waals surface area contributed by atoms with Crippen LogP contribution in [-0.4, -0.2) is 32.7 Å². The molecular formula is C24H32N2O2. The molecule has 0 unspecified atom stereocenters. The fraction of sp³-hybridized carbons (Fsp3) is 0.458. The van der Waals surface area contributed by atoms with Crippen LogP contribution in [0.2, 0.25) is 0 Å². The molecule has 1 heterocycles. The number of amides is 1. The SMILES string of the molecule is COc1ccc(CCC(=O)NCCc2ccc(N3CCCCCC3)cc2)cc1. The van der Waals surface area contributed by atoms with Crippen molar-refractivity contribution < 1.29 is 9.53 Å². The van der Waals surface area contributed by atoms with Crippen molar-refractivity contribution in [3.8, 4) is 5.75 Å². The summed E-state index contributed by atoms with van der Waals surface area (Å²) in [5, 5.41) is 3.04. The molecular weight excluding hydrogens is 348 g/mol. The quantitative estimate of drug-likeness (QED) is 0.739. The van der Waals surface area contributed by atoms with Gasteiger partial charge in [-0.25, -0.2) is 0 Å². The molecule has 0 aliphatic carbocycles. The van der Waals surface area contributed by atoms with Crippen molar-refractivity contribution in [2.45, 2.75) is 44.9 Å². The van der Waals surface area contributed by atoms with Gasteiger partial charge in [-0.1, -0.05) is 37.1 Å². The minimum Gasteiger partial charge on any atom is -0.497 e. The summed E-state index contributed by atoms with van der Waals surface area (Å²) >= 11 is 0. The lowest BCUT2D eigenvalue weighted by Crippen LogP contribution is -2.26. The number of rotatable bonds is 8. The molecule has 4 nitrogen and oxygen atoms in total. The van der Waals surface area contributed by atoms with E-state index in [1.807, 2.05) is 24.3 Å². The van der Waals surface area contributed by atoms with Crippen molar-refractivity contribution in [1.29, 1.82) is 0 Å². The van der Waals surface area contributed by atoms with Crippen LogP contribution in [0.5, 0.6) is 5.75 Å². The van der Waals surface area contributed by atoms with Crippen LogP contribution in [0.25, 0.3) is 0 Å². The van der Waals surface area contributed by atoms with Crippen molar-refractivity contribution in [3.05, 3.63) is 59.7 Å². The van der Waals surface area contributed by atoms with Crippen LogP contribution in [0.1, 0.15) is 43.2 Å². The number of ether oxygens (including phenoxy) is 1. The van der Waals surface area contributed by atoms with E-state index in [0.29, 0.717) is 13.0 Å². The van der Waals surface area contributed by atoms with Crippen LogP contribution < -0.4 is 15.0 Å². The van der Waals surface area contributed by atoms with Gasteiger partial charge in [-0.2, -0.15) is 0 Å². The van der Waals surface area contributed by atoms with Crippen molar-refractivity contribution in [3.63, 3.8) is 0 Å². The Balaban J connectivity index is 1.37. The number of nitrogens with one attached hydrogen (secondary N) is 1. The summed E-state index contributed by atoms with van der Waals surface area (Å²) in [4.78, 5) is 14.6. The predicted octanol–water partition coefficient (Wildman–Crippen LogP) is 4.37. The Morgan fingerprint density at radius 3 is 2.14 bits per heavy atom. The molecule has 0 bridgehead atoms. The van der Waals surface area contributed by atoms with E-state index in [2.05, 4.69) is 34.5 Å². The van der Waals surface area contributed by atoms with Crippen molar-refractivity contribution in [1.82, 2.24) is 5.32 Å². The Bertz CT molecular complexity index is 717. The zero-order chi connectivity index (χ0) is 19.6. The van der Waals surface area contributed by atoms with E-state index in [0.717, 1.165) is 24.2 Å². The average molecular weight is 381 g/mol. The van der Waals surface area contributed by atoms with Gasteiger partial charge in [0.25, 0.3) is 0 Å². The van der Waals surface area contributed by atoms with Gasteiger partial charge in [-0.05, 0) is 61.1 Å². The minimum atomic E-state index is 0.108. The second-order valence-corrected chi connectivity index (χ2v) is 7.52. The standard InChI is InChI=1S/C24H32N2O2/c1-28-23-13-8-20(9-14-23)10-15-24(27)25-17-16-21-6-11-22(12-7-21)26-18-4-2-3-5-19-26/h6-9,11-14H,2-5,10,15-19H2,1H3,(H,25,27). The Labute approximate surface area is 168 Å². The smallest absolute Gasteiger partial charge is 0.220 e.